The summed E-state index contributed by atoms with van der Waals surface area (Å²) in [7, 11) is 0. The second-order valence-electron chi connectivity index (χ2n) is 3.51. The second kappa shape index (κ2) is 6.95. The lowest BCUT2D eigenvalue weighted by Crippen LogP contribution is -2.11. The zero-order valence-corrected chi connectivity index (χ0v) is 10.6. The van der Waals surface area contributed by atoms with E-state index in [1.807, 2.05) is 6.26 Å². The van der Waals surface area contributed by atoms with Crippen molar-refractivity contribution in [3.63, 3.8) is 0 Å². The average Bonchev–Trinajstić information content (AvgIpc) is 2.27. The summed E-state index contributed by atoms with van der Waals surface area (Å²) in [6, 6.07) is 1.69. The first kappa shape index (κ1) is 13.6. The Bertz CT molecular complexity index is 385. The van der Waals surface area contributed by atoms with Crippen molar-refractivity contribution in [1.82, 2.24) is 9.97 Å². The molecule has 1 aromatic heterocycles. The number of aromatic nitrogens is 2. The SMILES string of the molecule is CSc1nc(N)cc(NCCCCC(N)=O)n1. The third kappa shape index (κ3) is 5.39. The van der Waals surface area contributed by atoms with Gasteiger partial charge in [-0.2, -0.15) is 0 Å². The van der Waals surface area contributed by atoms with Gasteiger partial charge in [-0.25, -0.2) is 9.97 Å². The number of hydrogen-bond donors (Lipinski definition) is 3. The normalized spacial score (nSPS) is 10.2. The minimum absolute atomic E-state index is 0.263. The van der Waals surface area contributed by atoms with Gasteiger partial charge in [0, 0.05) is 19.0 Å². The highest BCUT2D eigenvalue weighted by atomic mass is 32.2. The maximum atomic E-state index is 10.5. The van der Waals surface area contributed by atoms with Crippen LogP contribution in [0.25, 0.3) is 0 Å². The molecule has 0 saturated carbocycles. The van der Waals surface area contributed by atoms with Crippen LogP contribution in [0.4, 0.5) is 11.6 Å². The van der Waals surface area contributed by atoms with Gasteiger partial charge < -0.3 is 16.8 Å². The topological polar surface area (TPSA) is 107 Å². The lowest BCUT2D eigenvalue weighted by atomic mass is 10.2. The van der Waals surface area contributed by atoms with Crippen molar-refractivity contribution in [3.05, 3.63) is 6.07 Å². The van der Waals surface area contributed by atoms with Crippen LogP contribution in [0.15, 0.2) is 11.2 Å². The van der Waals surface area contributed by atoms with Crippen LogP contribution < -0.4 is 16.8 Å². The molecule has 0 unspecified atom stereocenters. The number of thioether (sulfide) groups is 1. The maximum Gasteiger partial charge on any atom is 0.217 e. The number of rotatable bonds is 7. The van der Waals surface area contributed by atoms with Gasteiger partial charge in [0.25, 0.3) is 0 Å². The number of unbranched alkanes of at least 4 members (excludes halogenated alkanes) is 1. The highest BCUT2D eigenvalue weighted by Crippen LogP contribution is 2.15. The standard InChI is InChI=1S/C10H17N5OS/c1-17-10-14-7(11)6-9(15-10)13-5-3-2-4-8(12)16/h6H,2-5H2,1H3,(H2,12,16)(H3,11,13,14,15). The molecule has 0 aliphatic rings. The van der Waals surface area contributed by atoms with Gasteiger partial charge in [-0.15, -0.1) is 0 Å². The van der Waals surface area contributed by atoms with Crippen molar-refractivity contribution in [2.24, 2.45) is 5.73 Å². The summed E-state index contributed by atoms with van der Waals surface area (Å²) < 4.78 is 0. The molecule has 0 spiro atoms. The average molecular weight is 255 g/mol. The van der Waals surface area contributed by atoms with E-state index < -0.39 is 0 Å². The summed E-state index contributed by atoms with van der Waals surface area (Å²) in [5, 5.41) is 3.78. The van der Waals surface area contributed by atoms with E-state index in [4.69, 9.17) is 11.5 Å². The van der Waals surface area contributed by atoms with Crippen LogP contribution in [0.5, 0.6) is 0 Å². The molecule has 1 amide bonds. The van der Waals surface area contributed by atoms with E-state index in [9.17, 15) is 4.79 Å². The minimum atomic E-state index is -0.263. The number of nitrogens with one attached hydrogen (secondary N) is 1. The van der Waals surface area contributed by atoms with Crippen LogP contribution >= 0.6 is 11.8 Å². The monoisotopic (exact) mass is 255 g/mol. The van der Waals surface area contributed by atoms with E-state index in [-0.39, 0.29) is 5.91 Å². The Morgan fingerprint density at radius 1 is 1.47 bits per heavy atom. The van der Waals surface area contributed by atoms with E-state index in [1.165, 1.54) is 11.8 Å². The Morgan fingerprint density at radius 2 is 2.24 bits per heavy atom. The molecule has 1 heterocycles. The molecule has 7 heteroatoms. The molecule has 5 N–H and O–H groups in total. The molecule has 0 atom stereocenters. The highest BCUT2D eigenvalue weighted by Gasteiger charge is 2.01. The third-order valence-corrected chi connectivity index (χ3v) is 2.61. The van der Waals surface area contributed by atoms with Crippen LogP contribution in [-0.4, -0.2) is 28.7 Å². The van der Waals surface area contributed by atoms with Crippen molar-refractivity contribution < 1.29 is 4.79 Å². The van der Waals surface area contributed by atoms with Crippen LogP contribution in [0, 0.1) is 0 Å². The fraction of sp³-hybridized carbons (Fsp3) is 0.500. The second-order valence-corrected chi connectivity index (χ2v) is 4.29. The van der Waals surface area contributed by atoms with Crippen LogP contribution in [0.1, 0.15) is 19.3 Å². The number of carbonyl (C=O) groups is 1. The van der Waals surface area contributed by atoms with Crippen molar-refractivity contribution in [1.29, 1.82) is 0 Å². The summed E-state index contributed by atoms with van der Waals surface area (Å²) in [6.07, 6.45) is 3.95. The molecule has 0 saturated heterocycles. The van der Waals surface area contributed by atoms with Gasteiger partial charge in [0.2, 0.25) is 5.91 Å². The maximum absolute atomic E-state index is 10.5. The first-order valence-electron chi connectivity index (χ1n) is 5.32. The number of anilines is 2. The number of nitrogens with two attached hydrogens (primary N) is 2. The fourth-order valence-electron chi connectivity index (χ4n) is 1.27. The number of amides is 1. The molecular formula is C10H17N5OS. The van der Waals surface area contributed by atoms with Crippen LogP contribution in [0.2, 0.25) is 0 Å². The van der Waals surface area contributed by atoms with E-state index >= 15 is 0 Å². The van der Waals surface area contributed by atoms with Crippen molar-refractivity contribution >= 4 is 29.3 Å². The van der Waals surface area contributed by atoms with Gasteiger partial charge in [0.15, 0.2) is 5.16 Å². The molecule has 94 valence electrons. The predicted octanol–water partition coefficient (Wildman–Crippen LogP) is 0.848. The largest absolute Gasteiger partial charge is 0.383 e. The Morgan fingerprint density at radius 3 is 2.88 bits per heavy atom. The van der Waals surface area contributed by atoms with E-state index in [2.05, 4.69) is 15.3 Å². The zero-order valence-electron chi connectivity index (χ0n) is 9.77. The van der Waals surface area contributed by atoms with E-state index in [0.717, 1.165) is 19.4 Å². The molecule has 1 aromatic rings. The van der Waals surface area contributed by atoms with E-state index in [0.29, 0.717) is 23.2 Å². The number of carbonyl (C=O) groups excluding carboxylic acids is 1. The molecule has 1 rings (SSSR count). The van der Waals surface area contributed by atoms with Gasteiger partial charge in [0.1, 0.15) is 11.6 Å². The van der Waals surface area contributed by atoms with Crippen LogP contribution in [0.3, 0.4) is 0 Å². The smallest absolute Gasteiger partial charge is 0.217 e. The number of hydrogen-bond acceptors (Lipinski definition) is 6. The lowest BCUT2D eigenvalue weighted by molar-refractivity contribution is -0.118. The van der Waals surface area contributed by atoms with Crippen molar-refractivity contribution in [2.45, 2.75) is 24.4 Å². The van der Waals surface area contributed by atoms with Gasteiger partial charge in [0.05, 0.1) is 0 Å². The Kier molecular flexibility index (Phi) is 5.55. The molecule has 17 heavy (non-hydrogen) atoms. The predicted molar refractivity (Wildman–Crippen MR) is 69.8 cm³/mol. The minimum Gasteiger partial charge on any atom is -0.383 e. The molecular weight excluding hydrogens is 238 g/mol. The first-order chi connectivity index (χ1) is 8.11. The molecule has 6 nitrogen and oxygen atoms in total. The molecule has 0 aliphatic carbocycles. The summed E-state index contributed by atoms with van der Waals surface area (Å²) in [5.74, 6) is 0.894. The summed E-state index contributed by atoms with van der Waals surface area (Å²) >= 11 is 1.44. The quantitative estimate of drug-likeness (QED) is 0.379. The van der Waals surface area contributed by atoms with Gasteiger partial charge >= 0.3 is 0 Å². The summed E-state index contributed by atoms with van der Waals surface area (Å²) in [4.78, 5) is 18.8. The number of primary amides is 1. The Labute approximate surface area is 105 Å². The Balaban J connectivity index is 2.36. The number of nitrogen functional groups attached to an aromatic ring is 1. The fourth-order valence-corrected chi connectivity index (χ4v) is 1.65. The van der Waals surface area contributed by atoms with Gasteiger partial charge in [-0.05, 0) is 19.1 Å². The first-order valence-corrected chi connectivity index (χ1v) is 6.55. The lowest BCUT2D eigenvalue weighted by Gasteiger charge is -2.06. The summed E-state index contributed by atoms with van der Waals surface area (Å²) in [6.45, 7) is 0.734. The van der Waals surface area contributed by atoms with Gasteiger partial charge in [-0.1, -0.05) is 11.8 Å². The van der Waals surface area contributed by atoms with Crippen molar-refractivity contribution in [3.8, 4) is 0 Å². The van der Waals surface area contributed by atoms with Crippen LogP contribution in [-0.2, 0) is 4.79 Å². The third-order valence-electron chi connectivity index (χ3n) is 2.06. The molecule has 0 bridgehead atoms. The Hall–Kier alpha value is -1.50. The number of nitrogens with zero attached hydrogens (tertiary/aromatic N) is 2. The van der Waals surface area contributed by atoms with E-state index in [1.54, 1.807) is 6.07 Å². The van der Waals surface area contributed by atoms with Gasteiger partial charge in [-0.3, -0.25) is 4.79 Å². The molecule has 0 aromatic carbocycles. The zero-order chi connectivity index (χ0) is 12.7. The molecule has 0 fully saturated rings. The molecule has 0 radical (unpaired) electrons. The summed E-state index contributed by atoms with van der Waals surface area (Å²) in [5.41, 5.74) is 10.7. The highest BCUT2D eigenvalue weighted by molar-refractivity contribution is 7.98. The van der Waals surface area contributed by atoms with Crippen molar-refractivity contribution in [2.75, 3.05) is 23.9 Å². The molecule has 0 aliphatic heterocycles.